The third-order valence-corrected chi connectivity index (χ3v) is 4.24. The van der Waals surface area contributed by atoms with E-state index in [0.717, 1.165) is 41.8 Å². The molecule has 1 atom stereocenters. The van der Waals surface area contributed by atoms with E-state index in [2.05, 4.69) is 15.2 Å². The van der Waals surface area contributed by atoms with E-state index in [-0.39, 0.29) is 6.54 Å². The lowest BCUT2D eigenvalue weighted by atomic mass is 10.1. The maximum atomic E-state index is 11.9. The highest BCUT2D eigenvalue weighted by Gasteiger charge is 2.36. The van der Waals surface area contributed by atoms with Crippen LogP contribution in [-0.2, 0) is 22.4 Å². The highest BCUT2D eigenvalue weighted by molar-refractivity contribution is 5.95. The van der Waals surface area contributed by atoms with Gasteiger partial charge < -0.3 is 10.5 Å². The van der Waals surface area contributed by atoms with Crippen molar-refractivity contribution in [3.05, 3.63) is 29.6 Å². The second-order valence-corrected chi connectivity index (χ2v) is 5.71. The van der Waals surface area contributed by atoms with Gasteiger partial charge in [-0.3, -0.25) is 19.8 Å². The van der Waals surface area contributed by atoms with Gasteiger partial charge in [-0.1, -0.05) is 0 Å². The fourth-order valence-electron chi connectivity index (χ4n) is 3.06. The molecule has 2 aliphatic rings. The average molecular weight is 313 g/mol. The van der Waals surface area contributed by atoms with Gasteiger partial charge in [0.2, 0.25) is 0 Å². The number of pyridine rings is 1. The molecule has 0 radical (unpaired) electrons. The summed E-state index contributed by atoms with van der Waals surface area (Å²) in [5.41, 5.74) is 9.80. The maximum absolute atomic E-state index is 11.9. The summed E-state index contributed by atoms with van der Waals surface area (Å²) in [7, 11) is 0. The standard InChI is InChI=1S/C15H15N5O3/c16-14(21)11-7-20(15(22)23-11)10-4-8-2-1-3-9-5-18-19-13(9)12(8)17-6-10/h4-6,11H,1-3,7H2,(H2,16,21)(H,18,19)/t11-/m1/s1. The molecule has 0 spiro atoms. The Balaban J connectivity index is 1.70. The summed E-state index contributed by atoms with van der Waals surface area (Å²) in [5.74, 6) is -0.648. The molecule has 0 aromatic carbocycles. The number of hydrogen-bond donors (Lipinski definition) is 2. The number of carbonyl (C=O) groups excluding carboxylic acids is 2. The molecule has 1 saturated heterocycles. The van der Waals surface area contributed by atoms with Crippen LogP contribution in [0.3, 0.4) is 0 Å². The first-order valence-electron chi connectivity index (χ1n) is 7.42. The van der Waals surface area contributed by atoms with Crippen molar-refractivity contribution in [1.82, 2.24) is 15.2 Å². The summed E-state index contributed by atoms with van der Waals surface area (Å²) in [6, 6.07) is 1.92. The minimum Gasteiger partial charge on any atom is -0.434 e. The molecule has 8 nitrogen and oxygen atoms in total. The molecule has 3 heterocycles. The summed E-state index contributed by atoms with van der Waals surface area (Å²) in [5, 5.41) is 7.08. The van der Waals surface area contributed by atoms with Gasteiger partial charge in [0.15, 0.2) is 6.10 Å². The lowest BCUT2D eigenvalue weighted by molar-refractivity contribution is -0.124. The van der Waals surface area contributed by atoms with E-state index in [0.29, 0.717) is 5.69 Å². The van der Waals surface area contributed by atoms with Gasteiger partial charge >= 0.3 is 6.09 Å². The second kappa shape index (κ2) is 5.08. The number of aromatic nitrogens is 3. The zero-order valence-corrected chi connectivity index (χ0v) is 12.3. The summed E-state index contributed by atoms with van der Waals surface area (Å²) in [4.78, 5) is 29.0. The second-order valence-electron chi connectivity index (χ2n) is 5.71. The Kier molecular flexibility index (Phi) is 3.03. The van der Waals surface area contributed by atoms with E-state index in [1.807, 2.05) is 12.3 Å². The van der Waals surface area contributed by atoms with Gasteiger partial charge in [-0.15, -0.1) is 0 Å². The number of amides is 2. The summed E-state index contributed by atoms with van der Waals surface area (Å²) < 4.78 is 4.97. The molecule has 2 amide bonds. The molecule has 0 bridgehead atoms. The van der Waals surface area contributed by atoms with Crippen molar-refractivity contribution < 1.29 is 14.3 Å². The van der Waals surface area contributed by atoms with Crippen molar-refractivity contribution >= 4 is 17.7 Å². The smallest absolute Gasteiger partial charge is 0.415 e. The SMILES string of the molecule is NC(=O)[C@H]1CN(c2cnc3c(c2)CCCc2cn[nH]c2-3)C(=O)O1. The number of hydrogen-bond acceptors (Lipinski definition) is 5. The number of cyclic esters (lactones) is 1. The summed E-state index contributed by atoms with van der Waals surface area (Å²) in [6.45, 7) is 0.115. The summed E-state index contributed by atoms with van der Waals surface area (Å²) in [6.07, 6.45) is 4.73. The van der Waals surface area contributed by atoms with Crippen LogP contribution in [0.2, 0.25) is 0 Å². The molecule has 23 heavy (non-hydrogen) atoms. The third-order valence-electron chi connectivity index (χ3n) is 4.24. The van der Waals surface area contributed by atoms with Crippen LogP contribution in [0.5, 0.6) is 0 Å². The van der Waals surface area contributed by atoms with Gasteiger partial charge in [0.25, 0.3) is 5.91 Å². The number of carbonyl (C=O) groups is 2. The molecule has 1 aliphatic carbocycles. The van der Waals surface area contributed by atoms with Crippen LogP contribution in [0.15, 0.2) is 18.5 Å². The summed E-state index contributed by atoms with van der Waals surface area (Å²) >= 11 is 0. The molecule has 4 rings (SSSR count). The molecule has 118 valence electrons. The van der Waals surface area contributed by atoms with Crippen LogP contribution >= 0.6 is 0 Å². The van der Waals surface area contributed by atoms with E-state index in [1.165, 1.54) is 4.90 Å². The van der Waals surface area contributed by atoms with E-state index in [4.69, 9.17) is 10.5 Å². The number of primary amides is 1. The topological polar surface area (TPSA) is 114 Å². The minimum absolute atomic E-state index is 0.115. The van der Waals surface area contributed by atoms with E-state index in [1.54, 1.807) is 6.20 Å². The Morgan fingerprint density at radius 1 is 1.35 bits per heavy atom. The molecule has 0 unspecified atom stereocenters. The molecule has 2 aromatic rings. The van der Waals surface area contributed by atoms with E-state index in [9.17, 15) is 9.59 Å². The molecule has 1 fully saturated rings. The van der Waals surface area contributed by atoms with E-state index < -0.39 is 18.1 Å². The predicted molar refractivity (Wildman–Crippen MR) is 80.7 cm³/mol. The van der Waals surface area contributed by atoms with Crippen LogP contribution < -0.4 is 10.6 Å². The Morgan fingerprint density at radius 3 is 2.96 bits per heavy atom. The number of ether oxygens (including phenoxy) is 1. The predicted octanol–water partition coefficient (Wildman–Crippen LogP) is 0.771. The lowest BCUT2D eigenvalue weighted by Gasteiger charge is -2.15. The quantitative estimate of drug-likeness (QED) is 0.850. The average Bonchev–Trinajstić information content (AvgIpc) is 3.10. The zero-order chi connectivity index (χ0) is 16.0. The number of fused-ring (bicyclic) bond motifs is 3. The van der Waals surface area contributed by atoms with Crippen LogP contribution in [-0.4, -0.2) is 39.8 Å². The lowest BCUT2D eigenvalue weighted by Crippen LogP contribution is -2.32. The van der Waals surface area contributed by atoms with Crippen molar-refractivity contribution in [1.29, 1.82) is 0 Å². The number of nitrogens with one attached hydrogen (secondary N) is 1. The normalized spacial score (nSPS) is 19.7. The van der Waals surface area contributed by atoms with Crippen molar-refractivity contribution in [2.75, 3.05) is 11.4 Å². The Labute approximate surface area is 131 Å². The van der Waals surface area contributed by atoms with Gasteiger partial charge in [0.1, 0.15) is 0 Å². The van der Waals surface area contributed by atoms with Crippen LogP contribution in [0.25, 0.3) is 11.4 Å². The number of nitrogens with two attached hydrogens (primary N) is 1. The van der Waals surface area contributed by atoms with Crippen molar-refractivity contribution in [3.8, 4) is 11.4 Å². The number of aromatic amines is 1. The fraction of sp³-hybridized carbons (Fsp3) is 0.333. The number of H-pyrrole nitrogens is 1. The highest BCUT2D eigenvalue weighted by atomic mass is 16.6. The van der Waals surface area contributed by atoms with Crippen molar-refractivity contribution in [2.45, 2.75) is 25.4 Å². The van der Waals surface area contributed by atoms with Gasteiger partial charge in [0.05, 0.1) is 36.0 Å². The first-order chi connectivity index (χ1) is 11.1. The van der Waals surface area contributed by atoms with Crippen LogP contribution in [0.4, 0.5) is 10.5 Å². The number of rotatable bonds is 2. The molecule has 8 heteroatoms. The number of aryl methyl sites for hydroxylation is 2. The molecule has 2 aromatic heterocycles. The largest absolute Gasteiger partial charge is 0.434 e. The monoisotopic (exact) mass is 313 g/mol. The molecule has 0 saturated carbocycles. The Hall–Kier alpha value is -2.90. The van der Waals surface area contributed by atoms with Crippen molar-refractivity contribution in [2.24, 2.45) is 5.73 Å². The van der Waals surface area contributed by atoms with E-state index >= 15 is 0 Å². The van der Waals surface area contributed by atoms with Crippen LogP contribution in [0, 0.1) is 0 Å². The van der Waals surface area contributed by atoms with Gasteiger partial charge in [-0.25, -0.2) is 4.79 Å². The first kappa shape index (κ1) is 13.7. The minimum atomic E-state index is -0.916. The van der Waals surface area contributed by atoms with Gasteiger partial charge in [0, 0.05) is 0 Å². The van der Waals surface area contributed by atoms with Crippen LogP contribution in [0.1, 0.15) is 17.5 Å². The first-order valence-corrected chi connectivity index (χ1v) is 7.42. The molecular weight excluding hydrogens is 298 g/mol. The third kappa shape index (κ3) is 2.23. The zero-order valence-electron chi connectivity index (χ0n) is 12.3. The molecule has 3 N–H and O–H groups in total. The van der Waals surface area contributed by atoms with Gasteiger partial charge in [-0.05, 0) is 36.5 Å². The fourth-order valence-corrected chi connectivity index (χ4v) is 3.06. The number of nitrogens with zero attached hydrogens (tertiary/aromatic N) is 3. The Morgan fingerprint density at radius 2 is 2.17 bits per heavy atom. The van der Waals surface area contributed by atoms with Gasteiger partial charge in [-0.2, -0.15) is 5.10 Å². The van der Waals surface area contributed by atoms with Crippen molar-refractivity contribution in [3.63, 3.8) is 0 Å². The molecule has 1 aliphatic heterocycles. The molecular formula is C15H15N5O3. The maximum Gasteiger partial charge on any atom is 0.415 e. The Bertz CT molecular complexity index is 800. The number of anilines is 1. The highest BCUT2D eigenvalue weighted by Crippen LogP contribution is 2.32.